The van der Waals surface area contributed by atoms with E-state index in [0.29, 0.717) is 37.7 Å². The van der Waals surface area contributed by atoms with Crippen molar-refractivity contribution in [3.63, 3.8) is 0 Å². The van der Waals surface area contributed by atoms with Crippen molar-refractivity contribution in [2.24, 2.45) is 0 Å². The van der Waals surface area contributed by atoms with Crippen molar-refractivity contribution in [1.29, 1.82) is 0 Å². The van der Waals surface area contributed by atoms with Crippen molar-refractivity contribution in [3.8, 4) is 11.5 Å². The highest BCUT2D eigenvalue weighted by atomic mass is 19.1. The van der Waals surface area contributed by atoms with Crippen molar-refractivity contribution in [3.05, 3.63) is 59.9 Å². The van der Waals surface area contributed by atoms with E-state index in [1.165, 1.54) is 12.1 Å². The summed E-state index contributed by atoms with van der Waals surface area (Å²) in [5.41, 5.74) is 0.0557. The van der Waals surface area contributed by atoms with E-state index in [1.807, 2.05) is 0 Å². The molecule has 1 heterocycles. The number of methoxy groups -OCH3 is 1. The zero-order valence-electron chi connectivity index (χ0n) is 15.1. The van der Waals surface area contributed by atoms with Crippen molar-refractivity contribution < 1.29 is 23.5 Å². The number of nitrogens with zero attached hydrogens (tertiary/aromatic N) is 2. The van der Waals surface area contributed by atoms with E-state index in [2.05, 4.69) is 0 Å². The van der Waals surface area contributed by atoms with Crippen LogP contribution in [0.1, 0.15) is 10.4 Å². The molecule has 0 unspecified atom stereocenters. The molecule has 0 saturated carbocycles. The van der Waals surface area contributed by atoms with Gasteiger partial charge < -0.3 is 19.3 Å². The van der Waals surface area contributed by atoms with Gasteiger partial charge in [0.05, 0.1) is 12.7 Å². The second-order valence-electron chi connectivity index (χ2n) is 6.12. The Morgan fingerprint density at radius 3 is 2.15 bits per heavy atom. The molecule has 1 aliphatic heterocycles. The Labute approximate surface area is 157 Å². The van der Waals surface area contributed by atoms with Crippen LogP contribution >= 0.6 is 0 Å². The highest BCUT2D eigenvalue weighted by Gasteiger charge is 2.26. The van der Waals surface area contributed by atoms with Crippen LogP contribution in [0.2, 0.25) is 0 Å². The Morgan fingerprint density at radius 2 is 1.52 bits per heavy atom. The molecule has 142 valence electrons. The molecule has 0 aliphatic carbocycles. The van der Waals surface area contributed by atoms with Crippen molar-refractivity contribution in [2.75, 3.05) is 39.9 Å². The van der Waals surface area contributed by atoms with Gasteiger partial charge in [-0.15, -0.1) is 0 Å². The number of carbonyl (C=O) groups excluding carboxylic acids is 2. The summed E-state index contributed by atoms with van der Waals surface area (Å²) in [6.45, 7) is 1.44. The molecule has 1 saturated heterocycles. The third kappa shape index (κ3) is 4.55. The average Bonchev–Trinajstić information content (AvgIpc) is 2.72. The van der Waals surface area contributed by atoms with Crippen LogP contribution in [0.25, 0.3) is 0 Å². The van der Waals surface area contributed by atoms with E-state index in [-0.39, 0.29) is 24.0 Å². The van der Waals surface area contributed by atoms with E-state index < -0.39 is 5.82 Å². The fraction of sp³-hybridized carbons (Fsp3) is 0.300. The number of halogens is 1. The van der Waals surface area contributed by atoms with Crippen molar-refractivity contribution >= 4 is 11.8 Å². The second-order valence-corrected chi connectivity index (χ2v) is 6.12. The number of amides is 2. The summed E-state index contributed by atoms with van der Waals surface area (Å²) in [4.78, 5) is 27.9. The molecule has 2 amide bonds. The Kier molecular flexibility index (Phi) is 5.90. The van der Waals surface area contributed by atoms with Crippen LogP contribution in [0.5, 0.6) is 11.5 Å². The first-order valence-corrected chi connectivity index (χ1v) is 8.67. The maximum atomic E-state index is 13.8. The lowest BCUT2D eigenvalue weighted by Gasteiger charge is -2.34. The second kappa shape index (κ2) is 8.53. The smallest absolute Gasteiger partial charge is 0.260 e. The van der Waals surface area contributed by atoms with E-state index in [9.17, 15) is 14.0 Å². The molecule has 0 atom stereocenters. The molecule has 7 heteroatoms. The van der Waals surface area contributed by atoms with Gasteiger partial charge in [0, 0.05) is 26.2 Å². The van der Waals surface area contributed by atoms with E-state index in [0.717, 1.165) is 0 Å². The number of carbonyl (C=O) groups is 2. The largest absolute Gasteiger partial charge is 0.497 e. The lowest BCUT2D eigenvalue weighted by molar-refractivity contribution is -0.134. The molecular weight excluding hydrogens is 351 g/mol. The molecule has 0 spiro atoms. The van der Waals surface area contributed by atoms with Gasteiger partial charge in [-0.2, -0.15) is 0 Å². The topological polar surface area (TPSA) is 59.1 Å². The molecule has 0 radical (unpaired) electrons. The molecule has 6 nitrogen and oxygen atoms in total. The van der Waals surface area contributed by atoms with Gasteiger partial charge in [0.15, 0.2) is 6.61 Å². The first-order chi connectivity index (χ1) is 13.1. The van der Waals surface area contributed by atoms with Gasteiger partial charge in [-0.3, -0.25) is 9.59 Å². The van der Waals surface area contributed by atoms with Crippen molar-refractivity contribution in [1.82, 2.24) is 9.80 Å². The molecule has 2 aromatic carbocycles. The molecule has 0 aromatic heterocycles. The molecule has 1 aliphatic rings. The molecule has 2 aromatic rings. The summed E-state index contributed by atoms with van der Waals surface area (Å²) in [6, 6.07) is 12.9. The number of hydrogen-bond acceptors (Lipinski definition) is 4. The summed E-state index contributed by atoms with van der Waals surface area (Å²) in [5.74, 6) is 0.259. The molecule has 0 bridgehead atoms. The maximum Gasteiger partial charge on any atom is 0.260 e. The minimum absolute atomic E-state index is 0.0557. The third-order valence-electron chi connectivity index (χ3n) is 4.45. The molecule has 1 fully saturated rings. The normalized spacial score (nSPS) is 14.0. The maximum absolute atomic E-state index is 13.8. The zero-order chi connectivity index (χ0) is 19.2. The van der Waals surface area contributed by atoms with Crippen molar-refractivity contribution in [2.45, 2.75) is 0 Å². The van der Waals surface area contributed by atoms with Gasteiger partial charge in [0.25, 0.3) is 11.8 Å². The van der Waals surface area contributed by atoms with Gasteiger partial charge >= 0.3 is 0 Å². The van der Waals surface area contributed by atoms with Crippen LogP contribution in [-0.4, -0.2) is 61.5 Å². The van der Waals surface area contributed by atoms with Gasteiger partial charge in [0.1, 0.15) is 17.3 Å². The minimum Gasteiger partial charge on any atom is -0.497 e. The monoisotopic (exact) mass is 372 g/mol. The number of rotatable bonds is 5. The van der Waals surface area contributed by atoms with Gasteiger partial charge in [0.2, 0.25) is 0 Å². The predicted molar refractivity (Wildman–Crippen MR) is 97.4 cm³/mol. The molecule has 27 heavy (non-hydrogen) atoms. The Balaban J connectivity index is 1.48. The highest BCUT2D eigenvalue weighted by Crippen LogP contribution is 2.17. The van der Waals surface area contributed by atoms with E-state index in [1.54, 1.807) is 53.3 Å². The number of benzene rings is 2. The SMILES string of the molecule is COc1ccc(OCC(=O)N2CCN(C(=O)c3ccccc3F)CC2)cc1. The Bertz CT molecular complexity index is 802. The predicted octanol–water partition coefficient (Wildman–Crippen LogP) is 2.20. The van der Waals surface area contributed by atoms with Crippen LogP contribution in [0.3, 0.4) is 0 Å². The number of ether oxygens (including phenoxy) is 2. The van der Waals surface area contributed by atoms with Gasteiger partial charge in [-0.1, -0.05) is 12.1 Å². The molecule has 3 rings (SSSR count). The zero-order valence-corrected chi connectivity index (χ0v) is 15.1. The summed E-state index contributed by atoms with van der Waals surface area (Å²) >= 11 is 0. The number of hydrogen-bond donors (Lipinski definition) is 0. The Hall–Kier alpha value is -3.09. The standard InChI is InChI=1S/C20H21FN2O4/c1-26-15-6-8-16(9-7-15)27-14-19(24)22-10-12-23(13-11-22)20(25)17-4-2-3-5-18(17)21/h2-9H,10-14H2,1H3. The molecule has 0 N–H and O–H groups in total. The summed E-state index contributed by atoms with van der Waals surface area (Å²) in [7, 11) is 1.58. The molecular formula is C20H21FN2O4. The summed E-state index contributed by atoms with van der Waals surface area (Å²) < 4.78 is 24.3. The lowest BCUT2D eigenvalue weighted by Crippen LogP contribution is -2.51. The first kappa shape index (κ1) is 18.7. The number of piperazine rings is 1. The van der Waals surface area contributed by atoms with Crippen LogP contribution in [0.4, 0.5) is 4.39 Å². The average molecular weight is 372 g/mol. The third-order valence-corrected chi connectivity index (χ3v) is 4.45. The lowest BCUT2D eigenvalue weighted by atomic mass is 10.1. The van der Waals surface area contributed by atoms with E-state index in [4.69, 9.17) is 9.47 Å². The summed E-state index contributed by atoms with van der Waals surface area (Å²) in [5, 5.41) is 0. The van der Waals surface area contributed by atoms with Crippen LogP contribution in [0, 0.1) is 5.82 Å². The van der Waals surface area contributed by atoms with Crippen LogP contribution in [0.15, 0.2) is 48.5 Å². The highest BCUT2D eigenvalue weighted by molar-refractivity contribution is 5.94. The van der Waals surface area contributed by atoms with Crippen LogP contribution < -0.4 is 9.47 Å². The first-order valence-electron chi connectivity index (χ1n) is 8.67. The quantitative estimate of drug-likeness (QED) is 0.807. The van der Waals surface area contributed by atoms with Crippen LogP contribution in [-0.2, 0) is 4.79 Å². The summed E-state index contributed by atoms with van der Waals surface area (Å²) in [6.07, 6.45) is 0. The minimum atomic E-state index is -0.533. The fourth-order valence-electron chi connectivity index (χ4n) is 2.87. The van der Waals surface area contributed by atoms with E-state index >= 15 is 0 Å². The fourth-order valence-corrected chi connectivity index (χ4v) is 2.87. The van der Waals surface area contributed by atoms with Gasteiger partial charge in [-0.05, 0) is 36.4 Å². The Morgan fingerprint density at radius 1 is 0.926 bits per heavy atom. The van der Waals surface area contributed by atoms with Gasteiger partial charge in [-0.25, -0.2) is 4.39 Å².